The molecule has 1 amide bonds. The standard InChI is InChI=1S/C15H28N2O2/c1-12(2)15-13(4-3-9-19-15)10-16-14-5-7-17(11-18)8-6-14/h11-16H,3-10H2,1-2H3. The van der Waals surface area contributed by atoms with Gasteiger partial charge in [0.2, 0.25) is 6.41 Å². The molecule has 0 aromatic carbocycles. The van der Waals surface area contributed by atoms with Crippen molar-refractivity contribution in [3.8, 4) is 0 Å². The molecule has 1 N–H and O–H groups in total. The molecule has 2 atom stereocenters. The Labute approximate surface area is 116 Å². The lowest BCUT2D eigenvalue weighted by molar-refractivity contribution is -0.119. The Morgan fingerprint density at radius 3 is 2.68 bits per heavy atom. The number of carbonyl (C=O) groups excluding carboxylic acids is 1. The van der Waals surface area contributed by atoms with Crippen molar-refractivity contribution in [3.05, 3.63) is 0 Å². The number of nitrogens with zero attached hydrogens (tertiary/aromatic N) is 1. The normalized spacial score (nSPS) is 29.7. The smallest absolute Gasteiger partial charge is 0.209 e. The Kier molecular flexibility index (Phi) is 5.64. The van der Waals surface area contributed by atoms with Crippen LogP contribution in [-0.4, -0.2) is 49.7 Å². The Bertz CT molecular complexity index is 275. The molecule has 2 rings (SSSR count). The molecule has 2 aliphatic heterocycles. The van der Waals surface area contributed by atoms with E-state index in [0.717, 1.165) is 45.5 Å². The molecule has 2 unspecified atom stereocenters. The summed E-state index contributed by atoms with van der Waals surface area (Å²) in [6, 6.07) is 0.575. The quantitative estimate of drug-likeness (QED) is 0.771. The topological polar surface area (TPSA) is 41.6 Å². The van der Waals surface area contributed by atoms with Crippen LogP contribution in [0.15, 0.2) is 0 Å². The fourth-order valence-electron chi connectivity index (χ4n) is 3.35. The van der Waals surface area contributed by atoms with Gasteiger partial charge < -0.3 is 15.0 Å². The maximum atomic E-state index is 10.7. The highest BCUT2D eigenvalue weighted by Gasteiger charge is 2.29. The molecule has 0 saturated carbocycles. The van der Waals surface area contributed by atoms with Crippen LogP contribution in [0.25, 0.3) is 0 Å². The van der Waals surface area contributed by atoms with Crippen molar-refractivity contribution in [2.75, 3.05) is 26.2 Å². The monoisotopic (exact) mass is 268 g/mol. The van der Waals surface area contributed by atoms with Crippen molar-refractivity contribution < 1.29 is 9.53 Å². The molecular formula is C15H28N2O2. The van der Waals surface area contributed by atoms with E-state index in [1.165, 1.54) is 12.8 Å². The molecule has 2 fully saturated rings. The van der Waals surface area contributed by atoms with E-state index < -0.39 is 0 Å². The molecule has 0 aromatic rings. The van der Waals surface area contributed by atoms with Gasteiger partial charge in [0.25, 0.3) is 0 Å². The van der Waals surface area contributed by atoms with Gasteiger partial charge in [-0.25, -0.2) is 0 Å². The van der Waals surface area contributed by atoms with Crippen LogP contribution in [0, 0.1) is 11.8 Å². The Morgan fingerprint density at radius 1 is 1.32 bits per heavy atom. The lowest BCUT2D eigenvalue weighted by Crippen LogP contribution is -2.46. The third kappa shape index (κ3) is 4.18. The van der Waals surface area contributed by atoms with Crippen LogP contribution in [0.5, 0.6) is 0 Å². The van der Waals surface area contributed by atoms with Gasteiger partial charge in [-0.2, -0.15) is 0 Å². The number of hydrogen-bond acceptors (Lipinski definition) is 3. The van der Waals surface area contributed by atoms with Crippen LogP contribution in [0.1, 0.15) is 39.5 Å². The molecule has 2 aliphatic rings. The van der Waals surface area contributed by atoms with Gasteiger partial charge in [0.05, 0.1) is 6.10 Å². The fraction of sp³-hybridized carbons (Fsp3) is 0.933. The van der Waals surface area contributed by atoms with Gasteiger partial charge in [0.1, 0.15) is 0 Å². The van der Waals surface area contributed by atoms with Crippen LogP contribution in [-0.2, 0) is 9.53 Å². The van der Waals surface area contributed by atoms with E-state index in [-0.39, 0.29) is 0 Å². The predicted molar refractivity (Wildman–Crippen MR) is 76.0 cm³/mol. The maximum Gasteiger partial charge on any atom is 0.209 e. The van der Waals surface area contributed by atoms with Crippen molar-refractivity contribution in [3.63, 3.8) is 0 Å². The number of amides is 1. The number of carbonyl (C=O) groups is 1. The first-order chi connectivity index (χ1) is 9.20. The van der Waals surface area contributed by atoms with E-state index in [1.807, 2.05) is 4.90 Å². The number of likely N-dealkylation sites (tertiary alicyclic amines) is 1. The van der Waals surface area contributed by atoms with E-state index in [1.54, 1.807) is 0 Å². The van der Waals surface area contributed by atoms with Crippen LogP contribution in [0.3, 0.4) is 0 Å². The SMILES string of the molecule is CC(C)C1OCCCC1CNC1CCN(C=O)CC1. The number of ether oxygens (including phenoxy) is 1. The molecule has 0 bridgehead atoms. The molecule has 110 valence electrons. The maximum absolute atomic E-state index is 10.7. The molecule has 19 heavy (non-hydrogen) atoms. The summed E-state index contributed by atoms with van der Waals surface area (Å²) in [5, 5.41) is 3.70. The summed E-state index contributed by atoms with van der Waals surface area (Å²) in [6.45, 7) is 8.30. The van der Waals surface area contributed by atoms with Gasteiger partial charge in [0, 0.05) is 32.3 Å². The Morgan fingerprint density at radius 2 is 2.05 bits per heavy atom. The zero-order valence-electron chi connectivity index (χ0n) is 12.3. The Hall–Kier alpha value is -0.610. The van der Waals surface area contributed by atoms with Crippen molar-refractivity contribution >= 4 is 6.41 Å². The molecule has 0 spiro atoms. The average Bonchev–Trinajstić information content (AvgIpc) is 2.46. The fourth-order valence-corrected chi connectivity index (χ4v) is 3.35. The second-order valence-electron chi connectivity index (χ2n) is 6.31. The summed E-state index contributed by atoms with van der Waals surface area (Å²) in [5.41, 5.74) is 0. The van der Waals surface area contributed by atoms with Crippen molar-refractivity contribution in [1.82, 2.24) is 10.2 Å². The van der Waals surface area contributed by atoms with Gasteiger partial charge in [-0.1, -0.05) is 13.8 Å². The number of nitrogens with one attached hydrogen (secondary N) is 1. The second kappa shape index (κ2) is 7.25. The highest BCUT2D eigenvalue weighted by Crippen LogP contribution is 2.26. The first-order valence-electron chi connectivity index (χ1n) is 7.75. The third-order valence-electron chi connectivity index (χ3n) is 4.50. The summed E-state index contributed by atoms with van der Waals surface area (Å²) in [4.78, 5) is 12.6. The molecule has 0 aromatic heterocycles. The summed E-state index contributed by atoms with van der Waals surface area (Å²) in [6.07, 6.45) is 6.02. The van der Waals surface area contributed by atoms with Gasteiger partial charge >= 0.3 is 0 Å². The van der Waals surface area contributed by atoms with E-state index in [9.17, 15) is 4.79 Å². The minimum absolute atomic E-state index is 0.413. The van der Waals surface area contributed by atoms with Crippen LogP contribution < -0.4 is 5.32 Å². The molecule has 0 aliphatic carbocycles. The van der Waals surface area contributed by atoms with Crippen molar-refractivity contribution in [2.24, 2.45) is 11.8 Å². The lowest BCUT2D eigenvalue weighted by atomic mass is 9.87. The first-order valence-corrected chi connectivity index (χ1v) is 7.75. The molecule has 2 saturated heterocycles. The summed E-state index contributed by atoms with van der Waals surface area (Å²) in [5.74, 6) is 1.25. The zero-order valence-corrected chi connectivity index (χ0v) is 12.3. The Balaban J connectivity index is 1.73. The van der Waals surface area contributed by atoms with E-state index in [4.69, 9.17) is 4.74 Å². The molecule has 2 heterocycles. The lowest BCUT2D eigenvalue weighted by Gasteiger charge is -2.36. The predicted octanol–water partition coefficient (Wildman–Crippen LogP) is 1.65. The molecular weight excluding hydrogens is 240 g/mol. The number of rotatable bonds is 5. The van der Waals surface area contributed by atoms with Crippen molar-refractivity contribution in [1.29, 1.82) is 0 Å². The minimum Gasteiger partial charge on any atom is -0.378 e. The first kappa shape index (κ1) is 14.8. The second-order valence-corrected chi connectivity index (χ2v) is 6.31. The van der Waals surface area contributed by atoms with Gasteiger partial charge in [-0.3, -0.25) is 4.79 Å². The highest BCUT2D eigenvalue weighted by molar-refractivity contribution is 5.47. The highest BCUT2D eigenvalue weighted by atomic mass is 16.5. The average molecular weight is 268 g/mol. The molecule has 4 heteroatoms. The largest absolute Gasteiger partial charge is 0.378 e. The van der Waals surface area contributed by atoms with Gasteiger partial charge in [0.15, 0.2) is 0 Å². The zero-order chi connectivity index (χ0) is 13.7. The van der Waals surface area contributed by atoms with Crippen LogP contribution >= 0.6 is 0 Å². The third-order valence-corrected chi connectivity index (χ3v) is 4.50. The summed E-state index contributed by atoms with van der Waals surface area (Å²) in [7, 11) is 0. The number of piperidine rings is 1. The van der Waals surface area contributed by atoms with E-state index >= 15 is 0 Å². The summed E-state index contributed by atoms with van der Waals surface area (Å²) < 4.78 is 5.93. The van der Waals surface area contributed by atoms with E-state index in [2.05, 4.69) is 19.2 Å². The number of hydrogen-bond donors (Lipinski definition) is 1. The minimum atomic E-state index is 0.413. The molecule has 0 radical (unpaired) electrons. The van der Waals surface area contributed by atoms with Crippen molar-refractivity contribution in [2.45, 2.75) is 51.7 Å². The molecule has 4 nitrogen and oxygen atoms in total. The van der Waals surface area contributed by atoms with E-state index in [0.29, 0.717) is 24.0 Å². The van der Waals surface area contributed by atoms with Gasteiger partial charge in [-0.05, 0) is 37.5 Å². The van der Waals surface area contributed by atoms with Gasteiger partial charge in [-0.15, -0.1) is 0 Å². The van der Waals surface area contributed by atoms with Crippen LogP contribution in [0.2, 0.25) is 0 Å². The van der Waals surface area contributed by atoms with Crippen LogP contribution in [0.4, 0.5) is 0 Å². The summed E-state index contributed by atoms with van der Waals surface area (Å²) >= 11 is 0.